The van der Waals surface area contributed by atoms with Crippen LogP contribution in [0.3, 0.4) is 0 Å². The molecule has 0 aliphatic carbocycles. The van der Waals surface area contributed by atoms with Gasteiger partial charge in [-0.05, 0) is 50.1 Å². The van der Waals surface area contributed by atoms with Crippen molar-refractivity contribution < 1.29 is 4.79 Å². The van der Waals surface area contributed by atoms with E-state index in [4.69, 9.17) is 0 Å². The number of carbonyl (C=O) groups is 1. The average molecular weight is 412 g/mol. The molecule has 0 unspecified atom stereocenters. The third-order valence-corrected chi connectivity index (χ3v) is 5.99. The lowest BCUT2D eigenvalue weighted by Gasteiger charge is -2.16. The molecule has 7 nitrogen and oxygen atoms in total. The highest BCUT2D eigenvalue weighted by atomic mass is 16.1. The minimum Gasteiger partial charge on any atom is -0.357 e. The minimum atomic E-state index is 0.0231. The van der Waals surface area contributed by atoms with Crippen LogP contribution in [-0.4, -0.2) is 43.6 Å². The van der Waals surface area contributed by atoms with Crippen LogP contribution in [0, 0.1) is 6.92 Å². The van der Waals surface area contributed by atoms with Crippen molar-refractivity contribution in [1.29, 1.82) is 0 Å². The van der Waals surface area contributed by atoms with Crippen molar-refractivity contribution in [1.82, 2.24) is 24.7 Å². The van der Waals surface area contributed by atoms with E-state index in [2.05, 4.69) is 35.7 Å². The van der Waals surface area contributed by atoms with E-state index in [9.17, 15) is 4.79 Å². The van der Waals surface area contributed by atoms with Crippen LogP contribution >= 0.6 is 0 Å². The third-order valence-electron chi connectivity index (χ3n) is 5.99. The van der Waals surface area contributed by atoms with Gasteiger partial charge < -0.3 is 9.47 Å². The second-order valence-electron chi connectivity index (χ2n) is 8.06. The number of aryl methyl sites for hydroxylation is 1. The van der Waals surface area contributed by atoms with Crippen molar-refractivity contribution in [3.8, 4) is 11.3 Å². The Morgan fingerprint density at radius 1 is 1.03 bits per heavy atom. The average Bonchev–Trinajstić information content (AvgIpc) is 3.44. The first-order chi connectivity index (χ1) is 15.1. The fraction of sp³-hybridized carbons (Fsp3) is 0.292. The number of anilines is 1. The van der Waals surface area contributed by atoms with Crippen molar-refractivity contribution in [3.05, 3.63) is 65.9 Å². The van der Waals surface area contributed by atoms with Gasteiger partial charge in [0.2, 0.25) is 0 Å². The summed E-state index contributed by atoms with van der Waals surface area (Å²) >= 11 is 0. The van der Waals surface area contributed by atoms with Gasteiger partial charge in [0.25, 0.3) is 0 Å². The van der Waals surface area contributed by atoms with Crippen LogP contribution in [0.25, 0.3) is 22.2 Å². The Balaban J connectivity index is 1.40. The van der Waals surface area contributed by atoms with Gasteiger partial charge >= 0.3 is 0 Å². The van der Waals surface area contributed by atoms with Gasteiger partial charge in [0, 0.05) is 42.8 Å². The smallest absolute Gasteiger partial charge is 0.169 e. The minimum absolute atomic E-state index is 0.0231. The number of aromatic nitrogens is 5. The molecule has 31 heavy (non-hydrogen) atoms. The van der Waals surface area contributed by atoms with Crippen LogP contribution in [-0.2, 0) is 13.5 Å². The molecule has 0 atom stereocenters. The molecule has 3 aromatic heterocycles. The first-order valence-corrected chi connectivity index (χ1v) is 10.6. The van der Waals surface area contributed by atoms with E-state index in [0.717, 1.165) is 46.9 Å². The van der Waals surface area contributed by atoms with E-state index in [1.807, 2.05) is 44.4 Å². The van der Waals surface area contributed by atoms with E-state index in [1.165, 1.54) is 12.8 Å². The number of Topliss-reactive ketones (excluding diaryl/α,β-unsaturated/α-hetero) is 1. The van der Waals surface area contributed by atoms with Crippen molar-refractivity contribution in [2.75, 3.05) is 18.0 Å². The fourth-order valence-corrected chi connectivity index (χ4v) is 4.08. The van der Waals surface area contributed by atoms with Gasteiger partial charge in [-0.2, -0.15) is 10.2 Å². The number of nitrogens with zero attached hydrogens (tertiary/aromatic N) is 6. The Hall–Kier alpha value is -3.61. The van der Waals surface area contributed by atoms with Crippen LogP contribution in [0.1, 0.15) is 34.7 Å². The molecule has 7 heteroatoms. The normalized spacial score (nSPS) is 13.8. The molecule has 156 valence electrons. The monoisotopic (exact) mass is 412 g/mol. The molecule has 1 aromatic carbocycles. The molecule has 0 bridgehead atoms. The lowest BCUT2D eigenvalue weighted by atomic mass is 10.0. The molecule has 0 spiro atoms. The largest absolute Gasteiger partial charge is 0.357 e. The van der Waals surface area contributed by atoms with Crippen molar-refractivity contribution in [2.45, 2.75) is 26.2 Å². The number of ketones is 1. The summed E-state index contributed by atoms with van der Waals surface area (Å²) in [6, 6.07) is 11.7. The molecule has 0 amide bonds. The molecular weight excluding hydrogens is 388 g/mol. The number of imidazole rings is 1. The first-order valence-electron chi connectivity index (χ1n) is 10.6. The van der Waals surface area contributed by atoms with Gasteiger partial charge in [-0.3, -0.25) is 4.79 Å². The highest BCUT2D eigenvalue weighted by molar-refractivity contribution is 5.98. The topological polar surface area (TPSA) is 76.8 Å². The summed E-state index contributed by atoms with van der Waals surface area (Å²) in [6.45, 7) is 3.98. The zero-order valence-electron chi connectivity index (χ0n) is 17.7. The summed E-state index contributed by atoms with van der Waals surface area (Å²) in [5.74, 6) is 1.86. The number of pyridine rings is 1. The summed E-state index contributed by atoms with van der Waals surface area (Å²) in [7, 11) is 2.00. The van der Waals surface area contributed by atoms with Crippen LogP contribution in [0.4, 0.5) is 5.82 Å². The number of hydrogen-bond donors (Lipinski definition) is 0. The molecule has 0 radical (unpaired) electrons. The highest BCUT2D eigenvalue weighted by Crippen LogP contribution is 2.24. The number of benzene rings is 1. The quantitative estimate of drug-likeness (QED) is 0.465. The molecular formula is C24H24N6O. The van der Waals surface area contributed by atoms with Crippen LogP contribution in [0.2, 0.25) is 0 Å². The number of fused-ring (bicyclic) bond motifs is 1. The lowest BCUT2D eigenvalue weighted by molar-refractivity contribution is 0.0991. The lowest BCUT2D eigenvalue weighted by Crippen LogP contribution is -2.19. The Morgan fingerprint density at radius 3 is 2.65 bits per heavy atom. The van der Waals surface area contributed by atoms with Gasteiger partial charge in [-0.25, -0.2) is 9.97 Å². The predicted molar refractivity (Wildman–Crippen MR) is 120 cm³/mol. The Kier molecular flexibility index (Phi) is 4.94. The molecule has 1 fully saturated rings. The van der Waals surface area contributed by atoms with E-state index in [-0.39, 0.29) is 12.2 Å². The fourth-order valence-electron chi connectivity index (χ4n) is 4.08. The molecule has 5 rings (SSSR count). The summed E-state index contributed by atoms with van der Waals surface area (Å²) in [4.78, 5) is 24.0. The number of rotatable bonds is 5. The second-order valence-corrected chi connectivity index (χ2v) is 8.06. The van der Waals surface area contributed by atoms with Crippen LogP contribution in [0.15, 0.2) is 48.8 Å². The van der Waals surface area contributed by atoms with Crippen molar-refractivity contribution >= 4 is 22.5 Å². The third kappa shape index (κ3) is 3.79. The first kappa shape index (κ1) is 19.4. The van der Waals surface area contributed by atoms with Crippen LogP contribution < -0.4 is 4.90 Å². The second kappa shape index (κ2) is 7.91. The van der Waals surface area contributed by atoms with E-state index in [0.29, 0.717) is 11.3 Å². The predicted octanol–water partition coefficient (Wildman–Crippen LogP) is 3.76. The Bertz CT molecular complexity index is 1270. The summed E-state index contributed by atoms with van der Waals surface area (Å²) in [6.07, 6.45) is 6.15. The summed E-state index contributed by atoms with van der Waals surface area (Å²) in [5.41, 5.74) is 4.23. The van der Waals surface area contributed by atoms with E-state index in [1.54, 1.807) is 12.3 Å². The van der Waals surface area contributed by atoms with Crippen molar-refractivity contribution in [2.24, 2.45) is 7.05 Å². The number of hydrogen-bond acceptors (Lipinski definition) is 6. The molecule has 1 aliphatic heterocycles. The summed E-state index contributed by atoms with van der Waals surface area (Å²) < 4.78 is 2.06. The van der Waals surface area contributed by atoms with Gasteiger partial charge in [-0.15, -0.1) is 0 Å². The van der Waals surface area contributed by atoms with Gasteiger partial charge in [-0.1, -0.05) is 6.07 Å². The standard InChI is InChI=1S/C24H24N6O/c1-16-26-15-22(29(16)2)17-5-6-21-19(11-17)12-20(27-28-21)14-23(31)18-7-8-25-24(13-18)30-9-3-4-10-30/h5-8,11-13,15H,3-4,9-10,14H2,1-2H3. The Morgan fingerprint density at radius 2 is 1.87 bits per heavy atom. The van der Waals surface area contributed by atoms with Crippen molar-refractivity contribution in [3.63, 3.8) is 0 Å². The highest BCUT2D eigenvalue weighted by Gasteiger charge is 2.16. The SMILES string of the molecule is Cc1ncc(-c2ccc3nnc(CC(=O)c4ccnc(N5CCCC5)c4)cc3c2)n1C. The molecule has 0 saturated carbocycles. The van der Waals surface area contributed by atoms with Gasteiger partial charge in [0.1, 0.15) is 11.6 Å². The van der Waals surface area contributed by atoms with Gasteiger partial charge in [0.15, 0.2) is 5.78 Å². The van der Waals surface area contributed by atoms with E-state index >= 15 is 0 Å². The van der Waals surface area contributed by atoms with Gasteiger partial charge in [0.05, 0.1) is 29.5 Å². The molecule has 1 aliphatic rings. The zero-order valence-corrected chi connectivity index (χ0v) is 17.7. The molecule has 1 saturated heterocycles. The maximum absolute atomic E-state index is 12.9. The molecule has 0 N–H and O–H groups in total. The molecule has 4 aromatic rings. The summed E-state index contributed by atoms with van der Waals surface area (Å²) in [5, 5.41) is 9.57. The molecule has 4 heterocycles. The Labute approximate surface area is 180 Å². The van der Waals surface area contributed by atoms with Crippen LogP contribution in [0.5, 0.6) is 0 Å². The zero-order chi connectivity index (χ0) is 21.4. The number of carbonyl (C=O) groups excluding carboxylic acids is 1. The maximum Gasteiger partial charge on any atom is 0.169 e. The maximum atomic E-state index is 12.9. The van der Waals surface area contributed by atoms with E-state index < -0.39 is 0 Å².